The number of nitrogens with zero attached hydrogens (tertiary/aromatic N) is 1. The fourth-order valence-corrected chi connectivity index (χ4v) is 2.20. The number of carbonyl (C=O) groups excluding carboxylic acids is 1. The number of ether oxygens (including phenoxy) is 1. The molecule has 1 atom stereocenters. The van der Waals surface area contributed by atoms with E-state index in [-0.39, 0.29) is 18.9 Å². The number of carbonyl (C=O) groups is 1. The molecule has 1 unspecified atom stereocenters. The maximum absolute atomic E-state index is 12.3. The van der Waals surface area contributed by atoms with Crippen LogP contribution in [-0.4, -0.2) is 37.1 Å². The van der Waals surface area contributed by atoms with Gasteiger partial charge in [0.15, 0.2) is 0 Å². The number of hydrogen-bond acceptors (Lipinski definition) is 5. The molecular weight excluding hydrogens is 327 g/mol. The highest BCUT2D eigenvalue weighted by atomic mass is 32.2. The van der Waals surface area contributed by atoms with E-state index in [0.29, 0.717) is 0 Å². The van der Waals surface area contributed by atoms with E-state index in [1.54, 1.807) is 27.7 Å². The lowest BCUT2D eigenvalue weighted by molar-refractivity contribution is -0.0526. The van der Waals surface area contributed by atoms with Gasteiger partial charge in [-0.25, -0.2) is 4.79 Å². The Hall–Kier alpha value is -1.45. The third-order valence-corrected chi connectivity index (χ3v) is 3.49. The van der Waals surface area contributed by atoms with Crippen LogP contribution in [0.15, 0.2) is 12.0 Å². The smallest absolute Gasteiger partial charge is 0.443 e. The molecule has 1 heterocycles. The van der Waals surface area contributed by atoms with E-state index in [1.165, 1.54) is 0 Å². The van der Waals surface area contributed by atoms with E-state index in [2.05, 4.69) is 4.18 Å². The predicted octanol–water partition coefficient (Wildman–Crippen LogP) is 2.97. The monoisotopic (exact) mass is 345 g/mol. The summed E-state index contributed by atoms with van der Waals surface area (Å²) in [5.41, 5.74) is -6.31. The van der Waals surface area contributed by atoms with E-state index in [0.717, 1.165) is 11.1 Å². The van der Waals surface area contributed by atoms with Gasteiger partial charge in [-0.05, 0) is 26.7 Å². The first-order chi connectivity index (χ1) is 9.71. The maximum atomic E-state index is 12.3. The summed E-state index contributed by atoms with van der Waals surface area (Å²) in [5, 5.41) is 0. The summed E-state index contributed by atoms with van der Waals surface area (Å²) in [6.45, 7) is 6.73. The molecule has 0 N–H and O–H groups in total. The topological polar surface area (TPSA) is 72.9 Å². The summed E-state index contributed by atoms with van der Waals surface area (Å²) in [6, 6.07) is 0. The summed E-state index contributed by atoms with van der Waals surface area (Å²) < 4.78 is 68.1. The van der Waals surface area contributed by atoms with E-state index in [1.807, 2.05) is 0 Å². The molecule has 1 rings (SSSR count). The van der Waals surface area contributed by atoms with Crippen LogP contribution in [0, 0.1) is 5.92 Å². The lowest BCUT2D eigenvalue weighted by atomic mass is 10.0. The Balaban J connectivity index is 2.94. The Kier molecular flexibility index (Phi) is 5.05. The second-order valence-corrected chi connectivity index (χ2v) is 7.56. The third-order valence-electron chi connectivity index (χ3n) is 2.49. The van der Waals surface area contributed by atoms with Crippen LogP contribution in [0.3, 0.4) is 0 Å². The Morgan fingerprint density at radius 3 is 2.32 bits per heavy atom. The van der Waals surface area contributed by atoms with Crippen LogP contribution >= 0.6 is 0 Å². The number of halogens is 3. The highest BCUT2D eigenvalue weighted by Crippen LogP contribution is 2.30. The Morgan fingerprint density at radius 2 is 1.86 bits per heavy atom. The fraction of sp³-hybridized carbons (Fsp3) is 0.750. The molecule has 0 bridgehead atoms. The highest BCUT2D eigenvalue weighted by Gasteiger charge is 2.49. The molecule has 0 saturated carbocycles. The van der Waals surface area contributed by atoms with Crippen LogP contribution in [0.4, 0.5) is 18.0 Å². The first-order valence-corrected chi connectivity index (χ1v) is 7.83. The molecule has 128 valence electrons. The van der Waals surface area contributed by atoms with Gasteiger partial charge in [-0.15, -0.1) is 0 Å². The van der Waals surface area contributed by atoms with E-state index in [9.17, 15) is 26.4 Å². The van der Waals surface area contributed by atoms with Crippen molar-refractivity contribution in [1.82, 2.24) is 4.90 Å². The van der Waals surface area contributed by atoms with Crippen molar-refractivity contribution >= 4 is 16.2 Å². The quantitative estimate of drug-likeness (QED) is 0.568. The van der Waals surface area contributed by atoms with Gasteiger partial charge in [0.2, 0.25) is 0 Å². The van der Waals surface area contributed by atoms with Crippen LogP contribution in [0.2, 0.25) is 0 Å². The zero-order valence-electron chi connectivity index (χ0n) is 12.6. The van der Waals surface area contributed by atoms with Crippen LogP contribution in [-0.2, 0) is 19.0 Å². The molecule has 0 aromatic heterocycles. The van der Waals surface area contributed by atoms with Crippen molar-refractivity contribution in [3.8, 4) is 0 Å². The van der Waals surface area contributed by atoms with Crippen LogP contribution in [0.1, 0.15) is 34.1 Å². The van der Waals surface area contributed by atoms with Crippen molar-refractivity contribution in [2.75, 3.05) is 6.54 Å². The number of rotatable bonds is 2. The normalized spacial score (nSPS) is 20.4. The largest absolute Gasteiger partial charge is 0.534 e. The molecule has 1 aliphatic heterocycles. The molecule has 10 heteroatoms. The summed E-state index contributed by atoms with van der Waals surface area (Å²) in [4.78, 5) is 12.9. The lowest BCUT2D eigenvalue weighted by Crippen LogP contribution is -2.39. The van der Waals surface area contributed by atoms with Crippen molar-refractivity contribution in [2.24, 2.45) is 5.92 Å². The number of amides is 1. The second-order valence-electron chi connectivity index (χ2n) is 6.02. The second kappa shape index (κ2) is 5.98. The lowest BCUT2D eigenvalue weighted by Gasteiger charge is -2.30. The SMILES string of the molecule is CC1CC(OS(=O)(=O)C(F)(F)F)=CN(C(=O)OC(C)(C)C)C1. The average Bonchev–Trinajstić information content (AvgIpc) is 2.23. The summed E-state index contributed by atoms with van der Waals surface area (Å²) in [5.74, 6) is -0.738. The van der Waals surface area contributed by atoms with Gasteiger partial charge in [-0.2, -0.15) is 21.6 Å². The van der Waals surface area contributed by atoms with Gasteiger partial charge >= 0.3 is 21.7 Å². The molecule has 0 saturated heterocycles. The fourth-order valence-electron chi connectivity index (χ4n) is 1.71. The molecule has 0 fully saturated rings. The molecule has 6 nitrogen and oxygen atoms in total. The molecule has 0 aromatic carbocycles. The van der Waals surface area contributed by atoms with Gasteiger partial charge in [0.05, 0.1) is 0 Å². The Morgan fingerprint density at radius 1 is 1.32 bits per heavy atom. The van der Waals surface area contributed by atoms with Gasteiger partial charge in [0, 0.05) is 19.2 Å². The van der Waals surface area contributed by atoms with Crippen LogP contribution in [0.25, 0.3) is 0 Å². The zero-order chi connectivity index (χ0) is 17.3. The molecule has 22 heavy (non-hydrogen) atoms. The minimum atomic E-state index is -5.75. The van der Waals surface area contributed by atoms with Crippen molar-refractivity contribution in [3.05, 3.63) is 12.0 Å². The molecule has 0 aromatic rings. The Bertz CT molecular complexity index is 562. The molecular formula is C12H18F3NO5S. The first-order valence-electron chi connectivity index (χ1n) is 6.42. The predicted molar refractivity (Wildman–Crippen MR) is 70.9 cm³/mol. The molecule has 0 spiro atoms. The van der Waals surface area contributed by atoms with E-state index >= 15 is 0 Å². The van der Waals surface area contributed by atoms with Gasteiger partial charge in [-0.3, -0.25) is 4.90 Å². The molecule has 1 amide bonds. The van der Waals surface area contributed by atoms with Crippen molar-refractivity contribution in [2.45, 2.75) is 45.2 Å². The first kappa shape index (κ1) is 18.6. The minimum absolute atomic E-state index is 0.0331. The third kappa shape index (κ3) is 5.08. The van der Waals surface area contributed by atoms with Crippen molar-refractivity contribution in [3.63, 3.8) is 0 Å². The van der Waals surface area contributed by atoms with E-state index < -0.39 is 33.1 Å². The standard InChI is InChI=1S/C12H18F3NO5S/c1-8-5-9(21-22(18,19)12(13,14)15)7-16(6-8)10(17)20-11(2,3)4/h7-8H,5-6H2,1-4H3. The molecule has 1 aliphatic rings. The summed E-state index contributed by atoms with van der Waals surface area (Å²) in [6.07, 6.45) is 0.107. The van der Waals surface area contributed by atoms with Gasteiger partial charge in [-0.1, -0.05) is 6.92 Å². The van der Waals surface area contributed by atoms with Crippen molar-refractivity contribution in [1.29, 1.82) is 0 Å². The number of hydrogen-bond donors (Lipinski definition) is 0. The molecule has 0 radical (unpaired) electrons. The average molecular weight is 345 g/mol. The summed E-state index contributed by atoms with van der Waals surface area (Å²) in [7, 11) is -5.75. The van der Waals surface area contributed by atoms with Gasteiger partial charge in [0.1, 0.15) is 11.4 Å². The van der Waals surface area contributed by atoms with E-state index in [4.69, 9.17) is 4.74 Å². The minimum Gasteiger partial charge on any atom is -0.443 e. The van der Waals surface area contributed by atoms with Crippen LogP contribution < -0.4 is 0 Å². The number of allylic oxidation sites excluding steroid dienone is 1. The van der Waals surface area contributed by atoms with Gasteiger partial charge in [0.25, 0.3) is 0 Å². The molecule has 0 aliphatic carbocycles. The maximum Gasteiger partial charge on any atom is 0.534 e. The van der Waals surface area contributed by atoms with Crippen LogP contribution in [0.5, 0.6) is 0 Å². The highest BCUT2D eigenvalue weighted by molar-refractivity contribution is 7.87. The van der Waals surface area contributed by atoms with Gasteiger partial charge < -0.3 is 8.92 Å². The zero-order valence-corrected chi connectivity index (χ0v) is 13.4. The summed E-state index contributed by atoms with van der Waals surface area (Å²) >= 11 is 0. The van der Waals surface area contributed by atoms with Crippen molar-refractivity contribution < 1.29 is 35.3 Å². The number of alkyl halides is 3. The Labute approximate surface area is 127 Å².